The highest BCUT2D eigenvalue weighted by atomic mass is 16.2. The number of aromatic amines is 1. The van der Waals surface area contributed by atoms with Gasteiger partial charge in [-0.1, -0.05) is 30.3 Å². The van der Waals surface area contributed by atoms with Crippen molar-refractivity contribution in [1.82, 2.24) is 9.97 Å². The molecule has 1 saturated heterocycles. The van der Waals surface area contributed by atoms with Crippen molar-refractivity contribution in [3.63, 3.8) is 0 Å². The molecule has 0 saturated carbocycles. The van der Waals surface area contributed by atoms with Crippen LogP contribution in [0.25, 0.3) is 33.2 Å². The molecule has 2 aromatic carbocycles. The molecule has 1 aliphatic heterocycles. The van der Waals surface area contributed by atoms with E-state index in [1.165, 1.54) is 0 Å². The molecular formula is C25H24N3O2+. The molecule has 4 aromatic rings. The smallest absolute Gasteiger partial charge is 0.345 e. The maximum Gasteiger partial charge on any atom is 0.345 e. The summed E-state index contributed by atoms with van der Waals surface area (Å²) in [7, 11) is 2.02. The largest absolute Gasteiger partial charge is 0.353 e. The van der Waals surface area contributed by atoms with Crippen molar-refractivity contribution < 1.29 is 14.1 Å². The molecule has 0 bridgehead atoms. The summed E-state index contributed by atoms with van der Waals surface area (Å²) in [6.45, 7) is 3.35. The van der Waals surface area contributed by atoms with Crippen LogP contribution in [0.4, 0.5) is 0 Å². The molecule has 150 valence electrons. The Morgan fingerprint density at radius 1 is 1.00 bits per heavy atom. The Hall–Kier alpha value is -3.31. The van der Waals surface area contributed by atoms with Crippen LogP contribution in [0.3, 0.4) is 0 Å². The van der Waals surface area contributed by atoms with E-state index in [0.29, 0.717) is 15.6 Å². The number of ketones is 1. The molecule has 1 fully saturated rings. The van der Waals surface area contributed by atoms with Crippen molar-refractivity contribution in [2.75, 3.05) is 20.1 Å². The molecule has 1 amide bonds. The maximum absolute atomic E-state index is 13.1. The fourth-order valence-electron chi connectivity index (χ4n) is 4.57. The first-order valence-corrected chi connectivity index (χ1v) is 10.4. The second-order valence-corrected chi connectivity index (χ2v) is 8.44. The number of carbonyl (C=O) groups is 2. The Morgan fingerprint density at radius 2 is 1.73 bits per heavy atom. The molecule has 5 heteroatoms. The van der Waals surface area contributed by atoms with Crippen molar-refractivity contribution in [2.45, 2.75) is 19.8 Å². The summed E-state index contributed by atoms with van der Waals surface area (Å²) in [6.07, 6.45) is 2.18. The monoisotopic (exact) mass is 398 g/mol. The molecule has 0 aliphatic carbocycles. The number of carbonyl (C=O) groups excluding carboxylic acids is 2. The Balaban J connectivity index is 1.69. The summed E-state index contributed by atoms with van der Waals surface area (Å²) in [5, 5.41) is 0.922. The standard InChI is InChI=1S/C25H23N3O2/c1-16(29)20-15-21(17-8-4-3-5-9-17)26-23-19-11-10-18(14-22(19)27-24(20)23)25(30)28(2)12-6-7-13-28/h3-5,8-11,14-15H,6-7,12-13H2,1-2H3/p+1. The van der Waals surface area contributed by atoms with Crippen molar-refractivity contribution in [2.24, 2.45) is 0 Å². The number of amides is 1. The first kappa shape index (κ1) is 18.7. The predicted molar refractivity (Wildman–Crippen MR) is 119 cm³/mol. The molecule has 0 atom stereocenters. The van der Waals surface area contributed by atoms with Gasteiger partial charge in [0.15, 0.2) is 5.78 Å². The van der Waals surface area contributed by atoms with Gasteiger partial charge in [0.2, 0.25) is 0 Å². The number of aromatic nitrogens is 2. The highest BCUT2D eigenvalue weighted by Crippen LogP contribution is 2.32. The van der Waals surface area contributed by atoms with E-state index in [9.17, 15) is 9.59 Å². The van der Waals surface area contributed by atoms with E-state index in [2.05, 4.69) is 4.98 Å². The number of rotatable bonds is 3. The number of nitrogens with one attached hydrogen (secondary N) is 1. The normalized spacial score (nSPS) is 15.7. The summed E-state index contributed by atoms with van der Waals surface area (Å²) in [5.41, 5.74) is 5.37. The Labute approximate surface area is 174 Å². The number of benzene rings is 2. The van der Waals surface area contributed by atoms with Crippen LogP contribution in [0.15, 0.2) is 54.6 Å². The van der Waals surface area contributed by atoms with Crippen molar-refractivity contribution in [1.29, 1.82) is 0 Å². The average molecular weight is 398 g/mol. The first-order chi connectivity index (χ1) is 14.5. The molecule has 2 aromatic heterocycles. The molecule has 1 N–H and O–H groups in total. The van der Waals surface area contributed by atoms with Gasteiger partial charge in [-0.15, -0.1) is 0 Å². The van der Waals surface area contributed by atoms with Gasteiger partial charge in [-0.3, -0.25) is 9.28 Å². The zero-order valence-corrected chi connectivity index (χ0v) is 17.2. The zero-order chi connectivity index (χ0) is 20.9. The van der Waals surface area contributed by atoms with E-state index < -0.39 is 0 Å². The van der Waals surface area contributed by atoms with E-state index in [0.717, 1.165) is 59.1 Å². The van der Waals surface area contributed by atoms with Gasteiger partial charge in [-0.2, -0.15) is 0 Å². The lowest BCUT2D eigenvalue weighted by Gasteiger charge is -2.25. The van der Waals surface area contributed by atoms with Gasteiger partial charge in [-0.25, -0.2) is 9.78 Å². The fourth-order valence-corrected chi connectivity index (χ4v) is 4.57. The number of nitrogens with zero attached hydrogens (tertiary/aromatic N) is 2. The van der Waals surface area contributed by atoms with E-state index in [1.54, 1.807) is 6.92 Å². The quantitative estimate of drug-likeness (QED) is 0.392. The van der Waals surface area contributed by atoms with Crippen LogP contribution in [-0.4, -0.2) is 46.3 Å². The van der Waals surface area contributed by atoms with Crippen molar-refractivity contribution in [3.05, 3.63) is 65.7 Å². The molecule has 1 aliphatic rings. The number of fused-ring (bicyclic) bond motifs is 3. The summed E-state index contributed by atoms with van der Waals surface area (Å²) in [6, 6.07) is 17.5. The van der Waals surface area contributed by atoms with Gasteiger partial charge in [0.05, 0.1) is 42.4 Å². The molecule has 30 heavy (non-hydrogen) atoms. The average Bonchev–Trinajstić information content (AvgIpc) is 3.36. The lowest BCUT2D eigenvalue weighted by Crippen LogP contribution is -2.46. The van der Waals surface area contributed by atoms with E-state index >= 15 is 0 Å². The zero-order valence-electron chi connectivity index (χ0n) is 17.2. The molecule has 3 heterocycles. The number of Topliss-reactive ketones (excluding diaryl/α,β-unsaturated/α-hetero) is 1. The molecular weight excluding hydrogens is 374 g/mol. The van der Waals surface area contributed by atoms with Gasteiger partial charge in [0, 0.05) is 34.9 Å². The molecule has 0 spiro atoms. The summed E-state index contributed by atoms with van der Waals surface area (Å²) in [5.74, 6) is 0.135. The first-order valence-electron chi connectivity index (χ1n) is 10.4. The summed E-state index contributed by atoms with van der Waals surface area (Å²) in [4.78, 5) is 33.8. The lowest BCUT2D eigenvalue weighted by atomic mass is 10.0. The second kappa shape index (κ2) is 6.89. The Kier molecular flexibility index (Phi) is 4.29. The summed E-state index contributed by atoms with van der Waals surface area (Å²) < 4.78 is 0.459. The van der Waals surface area contributed by atoms with E-state index in [1.807, 2.05) is 61.6 Å². The second-order valence-electron chi connectivity index (χ2n) is 8.44. The molecule has 0 unspecified atom stereocenters. The van der Waals surface area contributed by atoms with Crippen molar-refractivity contribution >= 4 is 33.6 Å². The third-order valence-corrected chi connectivity index (χ3v) is 6.29. The topological polar surface area (TPSA) is 62.8 Å². The number of pyridine rings is 1. The number of hydrogen-bond donors (Lipinski definition) is 1. The van der Waals surface area contributed by atoms with Gasteiger partial charge in [-0.05, 0) is 31.2 Å². The van der Waals surface area contributed by atoms with Gasteiger partial charge in [0.1, 0.15) is 0 Å². The highest BCUT2D eigenvalue weighted by Gasteiger charge is 2.36. The van der Waals surface area contributed by atoms with Crippen LogP contribution < -0.4 is 0 Å². The number of hydrogen-bond acceptors (Lipinski definition) is 3. The van der Waals surface area contributed by atoms with Crippen LogP contribution in [0, 0.1) is 0 Å². The van der Waals surface area contributed by atoms with Gasteiger partial charge < -0.3 is 4.98 Å². The lowest BCUT2D eigenvalue weighted by molar-refractivity contribution is -0.815. The molecule has 5 nitrogen and oxygen atoms in total. The maximum atomic E-state index is 13.1. The van der Waals surface area contributed by atoms with Crippen LogP contribution in [-0.2, 0) is 0 Å². The van der Waals surface area contributed by atoms with E-state index in [-0.39, 0.29) is 11.7 Å². The van der Waals surface area contributed by atoms with E-state index in [4.69, 9.17) is 4.98 Å². The van der Waals surface area contributed by atoms with Gasteiger partial charge in [0.25, 0.3) is 0 Å². The minimum absolute atomic E-state index is 0.0161. The third-order valence-electron chi connectivity index (χ3n) is 6.29. The fraction of sp³-hybridized carbons (Fsp3) is 0.240. The number of H-pyrrole nitrogens is 1. The minimum Gasteiger partial charge on any atom is -0.353 e. The Morgan fingerprint density at radius 3 is 2.43 bits per heavy atom. The highest BCUT2D eigenvalue weighted by molar-refractivity contribution is 6.14. The third kappa shape index (κ3) is 2.94. The number of quaternary nitrogens is 1. The van der Waals surface area contributed by atoms with Gasteiger partial charge >= 0.3 is 5.91 Å². The van der Waals surface area contributed by atoms with Crippen LogP contribution in [0.1, 0.15) is 40.5 Å². The van der Waals surface area contributed by atoms with Crippen LogP contribution >= 0.6 is 0 Å². The van der Waals surface area contributed by atoms with Crippen molar-refractivity contribution in [3.8, 4) is 11.3 Å². The summed E-state index contributed by atoms with van der Waals surface area (Å²) >= 11 is 0. The minimum atomic E-state index is -0.0161. The van der Waals surface area contributed by atoms with Crippen LogP contribution in [0.5, 0.6) is 0 Å². The predicted octanol–water partition coefficient (Wildman–Crippen LogP) is 4.97. The van der Waals surface area contributed by atoms with Crippen LogP contribution in [0.2, 0.25) is 0 Å². The number of likely N-dealkylation sites (tertiary alicyclic amines) is 1. The molecule has 5 rings (SSSR count). The molecule has 0 radical (unpaired) electrons. The Bertz CT molecular complexity index is 1300. The SMILES string of the molecule is CC(=O)c1cc(-c2ccccc2)nc2c1[nH]c1cc(C(=O)[N+]3(C)CCCC3)ccc12.